The number of anilines is 1. The molecule has 0 bridgehead atoms. The minimum atomic E-state index is -0.449. The van der Waals surface area contributed by atoms with Crippen LogP contribution in [-0.2, 0) is 4.74 Å². The Balaban J connectivity index is 2.42. The predicted molar refractivity (Wildman–Crippen MR) is 71.1 cm³/mol. The third-order valence-electron chi connectivity index (χ3n) is 3.02. The Bertz CT molecular complexity index is 555. The molecule has 0 N–H and O–H groups in total. The van der Waals surface area contributed by atoms with Crippen molar-refractivity contribution in [2.24, 2.45) is 0 Å². The predicted octanol–water partition coefficient (Wildman–Crippen LogP) is 3.07. The highest BCUT2D eigenvalue weighted by molar-refractivity contribution is 5.93. The van der Waals surface area contributed by atoms with Crippen LogP contribution in [0.3, 0.4) is 0 Å². The second-order valence-corrected chi connectivity index (χ2v) is 4.00. The van der Waals surface area contributed by atoms with E-state index in [0.29, 0.717) is 5.58 Å². The zero-order valence-corrected chi connectivity index (χ0v) is 10.9. The standard InChI is InChI=1S/C14H17NO3/c1-4-15(5-2)11-7-6-10-8-13(14(16)17-3)18-12(10)9-11/h6-9H,4-5H2,1-3H3. The van der Waals surface area contributed by atoms with Gasteiger partial charge in [0.05, 0.1) is 7.11 Å². The molecule has 1 heterocycles. The second kappa shape index (κ2) is 5.12. The number of carbonyl (C=O) groups excluding carboxylic acids is 1. The summed E-state index contributed by atoms with van der Waals surface area (Å²) < 4.78 is 10.1. The topological polar surface area (TPSA) is 42.7 Å². The molecule has 4 heteroatoms. The molecule has 0 atom stereocenters. The van der Waals surface area contributed by atoms with E-state index in [4.69, 9.17) is 4.42 Å². The van der Waals surface area contributed by atoms with Crippen molar-refractivity contribution in [2.75, 3.05) is 25.1 Å². The maximum absolute atomic E-state index is 11.4. The molecule has 0 saturated carbocycles. The molecule has 0 spiro atoms. The van der Waals surface area contributed by atoms with E-state index in [1.165, 1.54) is 7.11 Å². The Labute approximate surface area is 106 Å². The number of carbonyl (C=O) groups is 1. The van der Waals surface area contributed by atoms with Gasteiger partial charge in [-0.25, -0.2) is 4.79 Å². The molecule has 0 radical (unpaired) electrons. The van der Waals surface area contributed by atoms with Gasteiger partial charge in [0.15, 0.2) is 0 Å². The van der Waals surface area contributed by atoms with E-state index >= 15 is 0 Å². The van der Waals surface area contributed by atoms with Gasteiger partial charge in [-0.3, -0.25) is 0 Å². The second-order valence-electron chi connectivity index (χ2n) is 4.00. The lowest BCUT2D eigenvalue weighted by atomic mass is 10.2. The fraction of sp³-hybridized carbons (Fsp3) is 0.357. The molecule has 0 fully saturated rings. The Morgan fingerprint density at radius 2 is 2.00 bits per heavy atom. The molecule has 0 amide bonds. The van der Waals surface area contributed by atoms with Crippen LogP contribution >= 0.6 is 0 Å². The van der Waals surface area contributed by atoms with Gasteiger partial charge in [0.25, 0.3) is 0 Å². The van der Waals surface area contributed by atoms with Crippen LogP contribution in [0.15, 0.2) is 28.7 Å². The maximum atomic E-state index is 11.4. The molecule has 0 aliphatic heterocycles. The van der Waals surface area contributed by atoms with E-state index in [9.17, 15) is 4.79 Å². The van der Waals surface area contributed by atoms with Crippen LogP contribution in [0.2, 0.25) is 0 Å². The number of ether oxygens (including phenoxy) is 1. The fourth-order valence-electron chi connectivity index (χ4n) is 2.01. The molecular formula is C14H17NO3. The Morgan fingerprint density at radius 1 is 1.28 bits per heavy atom. The van der Waals surface area contributed by atoms with Crippen molar-refractivity contribution in [1.82, 2.24) is 0 Å². The summed E-state index contributed by atoms with van der Waals surface area (Å²) in [5.74, 6) is -0.209. The summed E-state index contributed by atoms with van der Waals surface area (Å²) >= 11 is 0. The van der Waals surface area contributed by atoms with Crippen LogP contribution < -0.4 is 4.90 Å². The molecule has 96 valence electrons. The van der Waals surface area contributed by atoms with Crippen molar-refractivity contribution in [3.63, 3.8) is 0 Å². The molecule has 2 aromatic rings. The van der Waals surface area contributed by atoms with E-state index in [0.717, 1.165) is 24.2 Å². The number of methoxy groups -OCH3 is 1. The van der Waals surface area contributed by atoms with Crippen molar-refractivity contribution < 1.29 is 13.9 Å². The number of nitrogens with zero attached hydrogens (tertiary/aromatic N) is 1. The Hall–Kier alpha value is -1.97. The first-order valence-electron chi connectivity index (χ1n) is 6.06. The molecule has 0 aliphatic carbocycles. The molecule has 0 unspecified atom stereocenters. The average Bonchev–Trinajstić information content (AvgIpc) is 2.82. The lowest BCUT2D eigenvalue weighted by Crippen LogP contribution is -2.21. The van der Waals surface area contributed by atoms with Crippen LogP contribution in [0.25, 0.3) is 11.0 Å². The van der Waals surface area contributed by atoms with E-state index in [-0.39, 0.29) is 5.76 Å². The van der Waals surface area contributed by atoms with Crippen LogP contribution in [0.5, 0.6) is 0 Å². The quantitative estimate of drug-likeness (QED) is 0.779. The summed E-state index contributed by atoms with van der Waals surface area (Å²) in [6, 6.07) is 7.65. The molecule has 1 aromatic heterocycles. The number of hydrogen-bond donors (Lipinski definition) is 0. The zero-order chi connectivity index (χ0) is 13.1. The zero-order valence-electron chi connectivity index (χ0n) is 10.9. The van der Waals surface area contributed by atoms with Crippen molar-refractivity contribution >= 4 is 22.6 Å². The molecule has 0 aliphatic rings. The van der Waals surface area contributed by atoms with Crippen LogP contribution in [0.4, 0.5) is 5.69 Å². The van der Waals surface area contributed by atoms with Crippen molar-refractivity contribution in [1.29, 1.82) is 0 Å². The van der Waals surface area contributed by atoms with Gasteiger partial charge in [0.2, 0.25) is 5.76 Å². The van der Waals surface area contributed by atoms with Gasteiger partial charge in [-0.05, 0) is 32.0 Å². The number of hydrogen-bond acceptors (Lipinski definition) is 4. The average molecular weight is 247 g/mol. The van der Waals surface area contributed by atoms with Crippen molar-refractivity contribution in [2.45, 2.75) is 13.8 Å². The largest absolute Gasteiger partial charge is 0.463 e. The minimum Gasteiger partial charge on any atom is -0.463 e. The van der Waals surface area contributed by atoms with E-state index in [2.05, 4.69) is 23.5 Å². The summed E-state index contributed by atoms with van der Waals surface area (Å²) in [6.07, 6.45) is 0. The third-order valence-corrected chi connectivity index (χ3v) is 3.02. The van der Waals surface area contributed by atoms with Gasteiger partial charge in [-0.2, -0.15) is 0 Å². The van der Waals surface area contributed by atoms with Crippen LogP contribution in [0.1, 0.15) is 24.4 Å². The van der Waals surface area contributed by atoms with Gasteiger partial charge < -0.3 is 14.1 Å². The first-order valence-corrected chi connectivity index (χ1v) is 6.06. The monoisotopic (exact) mass is 247 g/mol. The van der Waals surface area contributed by atoms with Gasteiger partial charge in [0, 0.05) is 30.2 Å². The number of furan rings is 1. The number of benzene rings is 1. The summed E-state index contributed by atoms with van der Waals surface area (Å²) in [5.41, 5.74) is 1.80. The highest BCUT2D eigenvalue weighted by Crippen LogP contribution is 2.25. The summed E-state index contributed by atoms with van der Waals surface area (Å²) in [7, 11) is 1.34. The van der Waals surface area contributed by atoms with Gasteiger partial charge >= 0.3 is 5.97 Å². The smallest absolute Gasteiger partial charge is 0.373 e. The molecule has 0 saturated heterocycles. The lowest BCUT2D eigenvalue weighted by molar-refractivity contribution is 0.0567. The summed E-state index contributed by atoms with van der Waals surface area (Å²) in [6.45, 7) is 6.09. The summed E-state index contributed by atoms with van der Waals surface area (Å²) in [5, 5.41) is 0.909. The van der Waals surface area contributed by atoms with Crippen molar-refractivity contribution in [3.8, 4) is 0 Å². The molecule has 18 heavy (non-hydrogen) atoms. The fourth-order valence-corrected chi connectivity index (χ4v) is 2.01. The minimum absolute atomic E-state index is 0.240. The number of esters is 1. The normalized spacial score (nSPS) is 10.6. The number of fused-ring (bicyclic) bond motifs is 1. The highest BCUT2D eigenvalue weighted by atomic mass is 16.5. The SMILES string of the molecule is CCN(CC)c1ccc2cc(C(=O)OC)oc2c1. The van der Waals surface area contributed by atoms with Crippen molar-refractivity contribution in [3.05, 3.63) is 30.0 Å². The van der Waals surface area contributed by atoms with Gasteiger partial charge in [0.1, 0.15) is 5.58 Å². The van der Waals surface area contributed by atoms with Gasteiger partial charge in [-0.1, -0.05) is 0 Å². The van der Waals surface area contributed by atoms with E-state index in [1.807, 2.05) is 18.2 Å². The third kappa shape index (κ3) is 2.18. The molecular weight excluding hydrogens is 230 g/mol. The van der Waals surface area contributed by atoms with Gasteiger partial charge in [-0.15, -0.1) is 0 Å². The molecule has 2 rings (SSSR count). The van der Waals surface area contributed by atoms with E-state index < -0.39 is 5.97 Å². The Kier molecular flexibility index (Phi) is 3.55. The Morgan fingerprint density at radius 3 is 2.61 bits per heavy atom. The summed E-state index contributed by atoms with van der Waals surface area (Å²) in [4.78, 5) is 13.6. The van der Waals surface area contributed by atoms with Crippen LogP contribution in [-0.4, -0.2) is 26.2 Å². The molecule has 1 aromatic carbocycles. The van der Waals surface area contributed by atoms with E-state index in [1.54, 1.807) is 6.07 Å². The first kappa shape index (κ1) is 12.5. The molecule has 4 nitrogen and oxygen atoms in total. The highest BCUT2D eigenvalue weighted by Gasteiger charge is 2.13. The van der Waals surface area contributed by atoms with Crippen LogP contribution in [0, 0.1) is 0 Å². The lowest BCUT2D eigenvalue weighted by Gasteiger charge is -2.20. The number of rotatable bonds is 4. The first-order chi connectivity index (χ1) is 8.69. The maximum Gasteiger partial charge on any atom is 0.373 e.